The number of carbonyl (C=O) groups is 2. The molecule has 118 valence electrons. The highest BCUT2D eigenvalue weighted by Crippen LogP contribution is 2.24. The van der Waals surface area contributed by atoms with Gasteiger partial charge in [0.15, 0.2) is 6.10 Å². The molecule has 7 heteroatoms. The molecule has 0 saturated carbocycles. The molecule has 3 rings (SSSR count). The fourth-order valence-electron chi connectivity index (χ4n) is 2.40. The number of hydrogen-bond donors (Lipinski definition) is 2. The zero-order valence-electron chi connectivity index (χ0n) is 12.6. The number of anilines is 1. The number of nitrogen functional groups attached to an aromatic ring is 1. The summed E-state index contributed by atoms with van der Waals surface area (Å²) in [5.74, 6) is -0.898. The summed E-state index contributed by atoms with van der Waals surface area (Å²) in [5, 5.41) is 1.09. The zero-order chi connectivity index (χ0) is 16.6. The fraction of sp³-hybridized carbons (Fsp3) is 0.188. The van der Waals surface area contributed by atoms with Crippen molar-refractivity contribution in [3.8, 4) is 0 Å². The van der Waals surface area contributed by atoms with Gasteiger partial charge in [0.05, 0.1) is 5.69 Å². The van der Waals surface area contributed by atoms with E-state index in [0.29, 0.717) is 16.3 Å². The van der Waals surface area contributed by atoms with Gasteiger partial charge in [-0.2, -0.15) is 4.37 Å². The second kappa shape index (κ2) is 5.85. The predicted molar refractivity (Wildman–Crippen MR) is 88.8 cm³/mol. The van der Waals surface area contributed by atoms with Gasteiger partial charge in [-0.15, -0.1) is 0 Å². The second-order valence-electron chi connectivity index (χ2n) is 5.17. The monoisotopic (exact) mass is 329 g/mol. The van der Waals surface area contributed by atoms with Gasteiger partial charge in [-0.05, 0) is 31.4 Å². The van der Waals surface area contributed by atoms with Crippen molar-refractivity contribution in [3.63, 3.8) is 0 Å². The van der Waals surface area contributed by atoms with Crippen LogP contribution in [0.25, 0.3) is 10.9 Å². The van der Waals surface area contributed by atoms with E-state index in [1.807, 2.05) is 24.3 Å². The maximum Gasteiger partial charge on any atom is 0.343 e. The van der Waals surface area contributed by atoms with Gasteiger partial charge in [0.2, 0.25) is 5.78 Å². The Morgan fingerprint density at radius 3 is 2.78 bits per heavy atom. The molecule has 0 saturated heterocycles. The lowest BCUT2D eigenvalue weighted by Gasteiger charge is -2.12. The molecule has 0 radical (unpaired) electrons. The summed E-state index contributed by atoms with van der Waals surface area (Å²) in [5.41, 5.74) is 7.81. The van der Waals surface area contributed by atoms with E-state index in [2.05, 4.69) is 9.36 Å². The van der Waals surface area contributed by atoms with Crippen LogP contribution in [0, 0.1) is 6.92 Å². The van der Waals surface area contributed by atoms with Gasteiger partial charge in [-0.3, -0.25) is 4.79 Å². The van der Waals surface area contributed by atoms with Crippen molar-refractivity contribution >= 4 is 39.2 Å². The van der Waals surface area contributed by atoms with E-state index < -0.39 is 12.1 Å². The quantitative estimate of drug-likeness (QED) is 0.566. The number of hydrogen-bond acceptors (Lipinski definition) is 6. The van der Waals surface area contributed by atoms with Gasteiger partial charge in [0.1, 0.15) is 10.6 Å². The third-order valence-corrected chi connectivity index (χ3v) is 4.37. The number of aryl methyl sites for hydroxylation is 1. The molecule has 0 fully saturated rings. The number of aromatic amines is 1. The Labute approximate surface area is 136 Å². The molecule has 2 heterocycles. The summed E-state index contributed by atoms with van der Waals surface area (Å²) in [6.07, 6.45) is 0.712. The minimum atomic E-state index is -0.916. The lowest BCUT2D eigenvalue weighted by atomic mass is 10.1. The highest BCUT2D eigenvalue weighted by atomic mass is 32.1. The Balaban J connectivity index is 1.82. The van der Waals surface area contributed by atoms with Crippen molar-refractivity contribution < 1.29 is 14.3 Å². The summed E-state index contributed by atoms with van der Waals surface area (Å²) < 4.78 is 9.28. The molecule has 0 unspecified atom stereocenters. The third-order valence-electron chi connectivity index (χ3n) is 3.60. The summed E-state index contributed by atoms with van der Waals surface area (Å²) in [6.45, 7) is 3.23. The first-order valence-electron chi connectivity index (χ1n) is 7.02. The van der Waals surface area contributed by atoms with Gasteiger partial charge in [0.25, 0.3) is 0 Å². The number of benzene rings is 1. The Morgan fingerprint density at radius 1 is 1.35 bits per heavy atom. The minimum Gasteiger partial charge on any atom is -0.451 e. The largest absolute Gasteiger partial charge is 0.451 e. The first-order valence-corrected chi connectivity index (χ1v) is 7.79. The number of Topliss-reactive ketones (excluding diaryl/α,β-unsaturated/α-hetero) is 1. The van der Waals surface area contributed by atoms with Gasteiger partial charge >= 0.3 is 5.97 Å². The number of fused-ring (bicyclic) bond motifs is 1. The van der Waals surface area contributed by atoms with Crippen molar-refractivity contribution in [2.45, 2.75) is 20.0 Å². The summed E-state index contributed by atoms with van der Waals surface area (Å²) in [6, 6.07) is 7.46. The Morgan fingerprint density at radius 2 is 2.09 bits per heavy atom. The molecule has 3 N–H and O–H groups in total. The molecule has 0 spiro atoms. The molecule has 23 heavy (non-hydrogen) atoms. The third kappa shape index (κ3) is 2.70. The average Bonchev–Trinajstić information content (AvgIpc) is 3.10. The van der Waals surface area contributed by atoms with E-state index in [0.717, 1.165) is 22.4 Å². The Kier molecular flexibility index (Phi) is 3.87. The van der Waals surface area contributed by atoms with Crippen molar-refractivity contribution in [1.29, 1.82) is 0 Å². The van der Waals surface area contributed by atoms with E-state index in [1.165, 1.54) is 0 Å². The first kappa shape index (κ1) is 15.2. The van der Waals surface area contributed by atoms with E-state index in [9.17, 15) is 9.59 Å². The maximum absolute atomic E-state index is 12.6. The van der Waals surface area contributed by atoms with Crippen LogP contribution in [0.3, 0.4) is 0 Å². The number of rotatable bonds is 4. The van der Waals surface area contributed by atoms with Crippen LogP contribution < -0.4 is 5.73 Å². The number of nitrogens with zero attached hydrogens (tertiary/aromatic N) is 1. The molecule has 0 aliphatic heterocycles. The number of nitrogens with two attached hydrogens (primary N) is 1. The number of ketones is 1. The number of para-hydroxylation sites is 1. The minimum absolute atomic E-state index is 0.230. The lowest BCUT2D eigenvalue weighted by molar-refractivity contribution is 0.0320. The van der Waals surface area contributed by atoms with Gasteiger partial charge < -0.3 is 15.5 Å². The number of ether oxygens (including phenoxy) is 1. The van der Waals surface area contributed by atoms with Crippen LogP contribution in [0.15, 0.2) is 30.5 Å². The smallest absolute Gasteiger partial charge is 0.343 e. The van der Waals surface area contributed by atoms with Crippen LogP contribution >= 0.6 is 11.5 Å². The van der Waals surface area contributed by atoms with Gasteiger partial charge in [0, 0.05) is 22.7 Å². The fourth-order valence-corrected chi connectivity index (χ4v) is 3.05. The Hall–Kier alpha value is -2.67. The molecule has 0 bridgehead atoms. The molecule has 1 atom stereocenters. The van der Waals surface area contributed by atoms with Crippen molar-refractivity contribution in [2.75, 3.05) is 5.73 Å². The SMILES string of the molecule is Cc1nsc(N)c1C(=O)O[C@H](C)C(=O)c1c[nH]c2ccccc12. The number of carbonyl (C=O) groups excluding carboxylic acids is 2. The molecule has 3 aromatic rings. The van der Waals surface area contributed by atoms with E-state index >= 15 is 0 Å². The number of esters is 1. The van der Waals surface area contributed by atoms with Crippen LogP contribution in [0.1, 0.15) is 33.3 Å². The van der Waals surface area contributed by atoms with Crippen molar-refractivity contribution in [3.05, 3.63) is 47.3 Å². The molecule has 6 nitrogen and oxygen atoms in total. The van der Waals surface area contributed by atoms with E-state index in [1.54, 1.807) is 20.0 Å². The van der Waals surface area contributed by atoms with Crippen LogP contribution in [-0.4, -0.2) is 27.2 Å². The summed E-state index contributed by atoms with van der Waals surface area (Å²) in [7, 11) is 0. The van der Waals surface area contributed by atoms with Gasteiger partial charge in [-0.25, -0.2) is 4.79 Å². The van der Waals surface area contributed by atoms with Gasteiger partial charge in [-0.1, -0.05) is 18.2 Å². The van der Waals surface area contributed by atoms with E-state index in [4.69, 9.17) is 10.5 Å². The average molecular weight is 329 g/mol. The maximum atomic E-state index is 12.6. The standard InChI is InChI=1S/C16H15N3O3S/c1-8-13(15(17)23-19-8)16(21)22-9(2)14(20)11-7-18-12-6-4-3-5-10(11)12/h3-7,9,18H,17H2,1-2H3/t9-/m1/s1. The van der Waals surface area contributed by atoms with Crippen LogP contribution in [-0.2, 0) is 4.74 Å². The van der Waals surface area contributed by atoms with Crippen LogP contribution in [0.5, 0.6) is 0 Å². The highest BCUT2D eigenvalue weighted by molar-refractivity contribution is 7.10. The van der Waals surface area contributed by atoms with Crippen molar-refractivity contribution in [2.24, 2.45) is 0 Å². The van der Waals surface area contributed by atoms with Crippen LogP contribution in [0.2, 0.25) is 0 Å². The molecular weight excluding hydrogens is 314 g/mol. The number of aromatic nitrogens is 2. The molecule has 0 amide bonds. The topological polar surface area (TPSA) is 98.1 Å². The van der Waals surface area contributed by atoms with Crippen molar-refractivity contribution in [1.82, 2.24) is 9.36 Å². The molecule has 0 aliphatic carbocycles. The molecule has 1 aromatic carbocycles. The highest BCUT2D eigenvalue weighted by Gasteiger charge is 2.25. The first-order chi connectivity index (χ1) is 11.0. The zero-order valence-corrected chi connectivity index (χ0v) is 13.4. The summed E-state index contributed by atoms with van der Waals surface area (Å²) in [4.78, 5) is 27.8. The second-order valence-corrected chi connectivity index (χ2v) is 5.97. The van der Waals surface area contributed by atoms with E-state index in [-0.39, 0.29) is 11.3 Å². The lowest BCUT2D eigenvalue weighted by Crippen LogP contribution is -2.24. The van der Waals surface area contributed by atoms with Crippen LogP contribution in [0.4, 0.5) is 5.00 Å². The molecular formula is C16H15N3O3S. The normalized spacial score (nSPS) is 12.3. The summed E-state index contributed by atoms with van der Waals surface area (Å²) >= 11 is 1.03. The molecule has 0 aliphatic rings. The Bertz CT molecular complexity index is 878. The predicted octanol–water partition coefficient (Wildman–Crippen LogP) is 2.94. The molecule has 2 aromatic heterocycles. The number of H-pyrrole nitrogens is 1. The number of nitrogens with one attached hydrogen (secondary N) is 1.